The van der Waals surface area contributed by atoms with E-state index in [4.69, 9.17) is 10.2 Å². The summed E-state index contributed by atoms with van der Waals surface area (Å²) in [4.78, 5) is 10.7. The van der Waals surface area contributed by atoms with Crippen LogP contribution in [0.5, 0.6) is 0 Å². The highest BCUT2D eigenvalue weighted by Gasteiger charge is 2.14. The van der Waals surface area contributed by atoms with E-state index in [1.807, 2.05) is 34.2 Å². The highest BCUT2D eigenvalue weighted by molar-refractivity contribution is 7.11. The molecule has 4 rings (SSSR count). The number of pyridine rings is 1. The van der Waals surface area contributed by atoms with Crippen molar-refractivity contribution in [2.45, 2.75) is 38.6 Å². The molecule has 0 saturated carbocycles. The lowest BCUT2D eigenvalue weighted by molar-refractivity contribution is 0.662. The minimum atomic E-state index is 0.648. The van der Waals surface area contributed by atoms with Gasteiger partial charge >= 0.3 is 0 Å². The van der Waals surface area contributed by atoms with Gasteiger partial charge in [0.05, 0.1) is 28.2 Å². The van der Waals surface area contributed by atoms with Crippen molar-refractivity contribution in [3.8, 4) is 6.07 Å². The number of nitrogens with one attached hydrogen (secondary N) is 1. The third-order valence-corrected chi connectivity index (χ3v) is 5.64. The Bertz CT molecular complexity index is 878. The number of fused-ring (bicyclic) bond motifs is 2. The van der Waals surface area contributed by atoms with E-state index in [1.54, 1.807) is 6.07 Å². The Balaban J connectivity index is 1.36. The van der Waals surface area contributed by atoms with E-state index in [-0.39, 0.29) is 0 Å². The van der Waals surface area contributed by atoms with E-state index >= 15 is 0 Å². The molecule has 3 aromatic heterocycles. The first-order valence-electron chi connectivity index (χ1n) is 8.38. The van der Waals surface area contributed by atoms with Gasteiger partial charge in [0.15, 0.2) is 0 Å². The van der Waals surface area contributed by atoms with Crippen molar-refractivity contribution in [2.24, 2.45) is 0 Å². The first-order chi connectivity index (χ1) is 11.8. The van der Waals surface area contributed by atoms with Gasteiger partial charge in [0.2, 0.25) is 0 Å². The van der Waals surface area contributed by atoms with Crippen LogP contribution in [-0.2, 0) is 25.8 Å². The lowest BCUT2D eigenvalue weighted by Crippen LogP contribution is -2.17. The molecule has 0 aliphatic heterocycles. The SMILES string of the molecule is N#Cc1ccc2ncc(CNCCc3nc4c(s3)CCCC4)n2c1. The second-order valence-electron chi connectivity index (χ2n) is 6.12. The molecule has 5 nitrogen and oxygen atoms in total. The summed E-state index contributed by atoms with van der Waals surface area (Å²) in [5, 5.41) is 13.7. The van der Waals surface area contributed by atoms with Crippen LogP contribution in [0.15, 0.2) is 24.5 Å². The number of rotatable bonds is 5. The lowest BCUT2D eigenvalue weighted by atomic mass is 10.0. The van der Waals surface area contributed by atoms with Crippen molar-refractivity contribution in [1.29, 1.82) is 5.26 Å². The van der Waals surface area contributed by atoms with Gasteiger partial charge in [0, 0.05) is 30.6 Å². The molecule has 1 N–H and O–H groups in total. The van der Waals surface area contributed by atoms with E-state index in [0.29, 0.717) is 5.56 Å². The van der Waals surface area contributed by atoms with Crippen LogP contribution < -0.4 is 5.32 Å². The molecule has 1 aliphatic carbocycles. The molecule has 0 amide bonds. The molecule has 0 radical (unpaired) electrons. The van der Waals surface area contributed by atoms with Gasteiger partial charge in [-0.15, -0.1) is 11.3 Å². The van der Waals surface area contributed by atoms with Crippen molar-refractivity contribution in [3.63, 3.8) is 0 Å². The molecule has 24 heavy (non-hydrogen) atoms. The first-order valence-corrected chi connectivity index (χ1v) is 9.19. The predicted octanol–water partition coefficient (Wildman–Crippen LogP) is 2.87. The molecule has 0 saturated heterocycles. The van der Waals surface area contributed by atoms with Crippen LogP contribution in [0.2, 0.25) is 0 Å². The molecule has 122 valence electrons. The van der Waals surface area contributed by atoms with Crippen LogP contribution in [0.3, 0.4) is 0 Å². The molecule has 1 aliphatic rings. The Morgan fingerprint density at radius 3 is 3.08 bits per heavy atom. The summed E-state index contributed by atoms with van der Waals surface area (Å²) >= 11 is 1.89. The van der Waals surface area contributed by atoms with Crippen molar-refractivity contribution >= 4 is 17.0 Å². The number of aryl methyl sites for hydroxylation is 2. The molecular weight excluding hydrogens is 318 g/mol. The van der Waals surface area contributed by atoms with Crippen molar-refractivity contribution in [2.75, 3.05) is 6.54 Å². The van der Waals surface area contributed by atoms with Gasteiger partial charge in [0.1, 0.15) is 11.7 Å². The second-order valence-corrected chi connectivity index (χ2v) is 7.29. The Morgan fingerprint density at radius 1 is 1.29 bits per heavy atom. The van der Waals surface area contributed by atoms with Gasteiger partial charge in [-0.3, -0.25) is 0 Å². The van der Waals surface area contributed by atoms with Crippen LogP contribution in [0.4, 0.5) is 0 Å². The normalized spacial score (nSPS) is 13.8. The average molecular weight is 337 g/mol. The summed E-state index contributed by atoms with van der Waals surface area (Å²) in [7, 11) is 0. The number of nitrogens with zero attached hydrogens (tertiary/aromatic N) is 4. The second kappa shape index (κ2) is 6.71. The van der Waals surface area contributed by atoms with Crippen molar-refractivity contribution in [1.82, 2.24) is 19.7 Å². The number of hydrogen-bond acceptors (Lipinski definition) is 5. The van der Waals surface area contributed by atoms with Crippen LogP contribution in [-0.4, -0.2) is 20.9 Å². The van der Waals surface area contributed by atoms with Crippen LogP contribution in [0.1, 0.15) is 39.7 Å². The molecule has 0 aromatic carbocycles. The maximum atomic E-state index is 9.03. The van der Waals surface area contributed by atoms with Crippen molar-refractivity contribution < 1.29 is 0 Å². The molecule has 0 spiro atoms. The molecule has 6 heteroatoms. The molecule has 3 aromatic rings. The summed E-state index contributed by atoms with van der Waals surface area (Å²) in [6.07, 6.45) is 9.64. The van der Waals surface area contributed by atoms with Crippen LogP contribution in [0, 0.1) is 11.3 Å². The Hall–Kier alpha value is -2.23. The number of imidazole rings is 1. The van der Waals surface area contributed by atoms with Crippen LogP contribution >= 0.6 is 11.3 Å². The van der Waals surface area contributed by atoms with E-state index in [0.717, 1.165) is 37.3 Å². The average Bonchev–Trinajstić information content (AvgIpc) is 3.21. The summed E-state index contributed by atoms with van der Waals surface area (Å²) in [5.41, 5.74) is 3.93. The van der Waals surface area contributed by atoms with E-state index in [1.165, 1.54) is 34.8 Å². The zero-order chi connectivity index (χ0) is 16.4. The van der Waals surface area contributed by atoms with Gasteiger partial charge in [0.25, 0.3) is 0 Å². The number of nitriles is 1. The quantitative estimate of drug-likeness (QED) is 0.727. The smallest absolute Gasteiger partial charge is 0.137 e. The minimum Gasteiger partial charge on any atom is -0.311 e. The Labute approximate surface area is 145 Å². The van der Waals surface area contributed by atoms with Crippen molar-refractivity contribution in [3.05, 3.63) is 51.4 Å². The summed E-state index contributed by atoms with van der Waals surface area (Å²) in [6, 6.07) is 5.85. The van der Waals surface area contributed by atoms with Gasteiger partial charge in [-0.05, 0) is 37.8 Å². The minimum absolute atomic E-state index is 0.648. The maximum absolute atomic E-state index is 9.03. The van der Waals surface area contributed by atoms with Gasteiger partial charge in [-0.2, -0.15) is 5.26 Å². The number of thiazole rings is 1. The fourth-order valence-corrected chi connectivity index (χ4v) is 4.31. The first kappa shape index (κ1) is 15.3. The summed E-state index contributed by atoms with van der Waals surface area (Å²) in [5.74, 6) is 0. The fraction of sp³-hybridized carbons (Fsp3) is 0.389. The summed E-state index contributed by atoms with van der Waals surface area (Å²) in [6.45, 7) is 1.64. The van der Waals surface area contributed by atoms with Gasteiger partial charge < -0.3 is 9.72 Å². The Morgan fingerprint density at radius 2 is 2.21 bits per heavy atom. The van der Waals surface area contributed by atoms with Gasteiger partial charge in [-0.25, -0.2) is 9.97 Å². The molecule has 0 atom stereocenters. The zero-order valence-electron chi connectivity index (χ0n) is 13.5. The third kappa shape index (κ3) is 3.05. The number of aromatic nitrogens is 3. The topological polar surface area (TPSA) is 66.0 Å². The van der Waals surface area contributed by atoms with E-state index in [9.17, 15) is 0 Å². The zero-order valence-corrected chi connectivity index (χ0v) is 14.3. The fourth-order valence-electron chi connectivity index (χ4n) is 3.15. The maximum Gasteiger partial charge on any atom is 0.137 e. The molecule has 0 unspecified atom stereocenters. The molecule has 0 bridgehead atoms. The van der Waals surface area contributed by atoms with Gasteiger partial charge in [-0.1, -0.05) is 0 Å². The standard InChI is InChI=1S/C18H19N5S/c19-9-13-5-6-17-21-11-14(23(17)12-13)10-20-8-7-18-22-15-3-1-2-4-16(15)24-18/h5-6,11-12,20H,1-4,7-8,10H2. The molecule has 0 fully saturated rings. The largest absolute Gasteiger partial charge is 0.311 e. The molecular formula is C18H19N5S. The lowest BCUT2D eigenvalue weighted by Gasteiger charge is -2.06. The van der Waals surface area contributed by atoms with E-state index in [2.05, 4.69) is 16.4 Å². The highest BCUT2D eigenvalue weighted by Crippen LogP contribution is 2.26. The molecule has 3 heterocycles. The van der Waals surface area contributed by atoms with Crippen LogP contribution in [0.25, 0.3) is 5.65 Å². The third-order valence-electron chi connectivity index (χ3n) is 4.42. The number of hydrogen-bond donors (Lipinski definition) is 1. The Kier molecular flexibility index (Phi) is 4.28. The summed E-state index contributed by atoms with van der Waals surface area (Å²) < 4.78 is 1.98. The highest BCUT2D eigenvalue weighted by atomic mass is 32.1. The van der Waals surface area contributed by atoms with E-state index < -0.39 is 0 Å². The predicted molar refractivity (Wildman–Crippen MR) is 94.1 cm³/mol. The monoisotopic (exact) mass is 337 g/mol.